The van der Waals surface area contributed by atoms with E-state index in [0.29, 0.717) is 24.9 Å². The van der Waals surface area contributed by atoms with E-state index in [9.17, 15) is 9.50 Å². The third-order valence-corrected chi connectivity index (χ3v) is 2.95. The van der Waals surface area contributed by atoms with E-state index in [0.717, 1.165) is 12.1 Å². The molecule has 2 N–H and O–H groups in total. The molecular weight excluding hydrogens is 193 g/mol. The second kappa shape index (κ2) is 3.91. The maximum absolute atomic E-state index is 13.5. The van der Waals surface area contributed by atoms with E-state index in [-0.39, 0.29) is 5.82 Å². The van der Waals surface area contributed by atoms with E-state index < -0.39 is 5.60 Å². The Labute approximate surface area is 89.1 Å². The van der Waals surface area contributed by atoms with Gasteiger partial charge in [-0.15, -0.1) is 0 Å². The lowest BCUT2D eigenvalue weighted by Gasteiger charge is -2.21. The molecule has 0 aliphatic carbocycles. The number of nitrogens with one attached hydrogen (secondary N) is 1. The van der Waals surface area contributed by atoms with Crippen LogP contribution in [0.25, 0.3) is 0 Å². The molecular formula is C12H16FNO. The van der Waals surface area contributed by atoms with Gasteiger partial charge < -0.3 is 10.4 Å². The van der Waals surface area contributed by atoms with Gasteiger partial charge in [0.05, 0.1) is 5.60 Å². The first kappa shape index (κ1) is 10.6. The fourth-order valence-corrected chi connectivity index (χ4v) is 2.03. The lowest BCUT2D eigenvalue weighted by atomic mass is 9.93. The van der Waals surface area contributed by atoms with Crippen LogP contribution in [0, 0.1) is 12.7 Å². The van der Waals surface area contributed by atoms with Gasteiger partial charge in [0.15, 0.2) is 0 Å². The Morgan fingerprint density at radius 2 is 2.33 bits per heavy atom. The molecule has 2 nitrogen and oxygen atoms in total. The van der Waals surface area contributed by atoms with Crippen molar-refractivity contribution in [2.24, 2.45) is 0 Å². The van der Waals surface area contributed by atoms with Gasteiger partial charge in [0.25, 0.3) is 0 Å². The summed E-state index contributed by atoms with van der Waals surface area (Å²) >= 11 is 0. The van der Waals surface area contributed by atoms with E-state index in [4.69, 9.17) is 0 Å². The molecule has 2 rings (SSSR count). The molecule has 1 aliphatic heterocycles. The molecule has 82 valence electrons. The SMILES string of the molecule is Cc1ccc(CC2(O)CCNC2)c(F)c1. The minimum atomic E-state index is -0.768. The highest BCUT2D eigenvalue weighted by Crippen LogP contribution is 2.22. The maximum atomic E-state index is 13.5. The van der Waals surface area contributed by atoms with Crippen molar-refractivity contribution >= 4 is 0 Å². The Hall–Kier alpha value is -0.930. The fraction of sp³-hybridized carbons (Fsp3) is 0.500. The zero-order valence-corrected chi connectivity index (χ0v) is 8.89. The topological polar surface area (TPSA) is 32.3 Å². The van der Waals surface area contributed by atoms with Crippen LogP contribution < -0.4 is 5.32 Å². The van der Waals surface area contributed by atoms with Crippen molar-refractivity contribution in [3.8, 4) is 0 Å². The second-order valence-corrected chi connectivity index (χ2v) is 4.42. The van der Waals surface area contributed by atoms with Crippen LogP contribution in [0.15, 0.2) is 18.2 Å². The van der Waals surface area contributed by atoms with E-state index in [1.165, 1.54) is 6.07 Å². The molecule has 1 heterocycles. The van der Waals surface area contributed by atoms with Crippen LogP contribution in [-0.2, 0) is 6.42 Å². The Morgan fingerprint density at radius 1 is 1.53 bits per heavy atom. The number of aryl methyl sites for hydroxylation is 1. The van der Waals surface area contributed by atoms with Crippen molar-refractivity contribution in [1.29, 1.82) is 0 Å². The van der Waals surface area contributed by atoms with E-state index in [1.807, 2.05) is 13.0 Å². The Morgan fingerprint density at radius 3 is 2.93 bits per heavy atom. The summed E-state index contributed by atoms with van der Waals surface area (Å²) in [6, 6.07) is 5.16. The summed E-state index contributed by atoms with van der Waals surface area (Å²) in [4.78, 5) is 0. The first-order valence-corrected chi connectivity index (χ1v) is 5.27. The summed E-state index contributed by atoms with van der Waals surface area (Å²) in [6.45, 7) is 3.23. The van der Waals surface area contributed by atoms with Gasteiger partial charge in [-0.1, -0.05) is 12.1 Å². The summed E-state index contributed by atoms with van der Waals surface area (Å²) in [5.41, 5.74) is 0.746. The maximum Gasteiger partial charge on any atom is 0.126 e. The molecule has 0 saturated carbocycles. The summed E-state index contributed by atoms with van der Waals surface area (Å²) < 4.78 is 13.5. The van der Waals surface area contributed by atoms with Gasteiger partial charge in [0.2, 0.25) is 0 Å². The van der Waals surface area contributed by atoms with Gasteiger partial charge >= 0.3 is 0 Å². The van der Waals surface area contributed by atoms with Crippen LogP contribution in [0.2, 0.25) is 0 Å². The predicted molar refractivity (Wildman–Crippen MR) is 57.3 cm³/mol. The summed E-state index contributed by atoms with van der Waals surface area (Å²) in [5.74, 6) is -0.213. The molecule has 1 fully saturated rings. The molecule has 1 unspecified atom stereocenters. The number of aliphatic hydroxyl groups is 1. The molecule has 1 aliphatic rings. The smallest absolute Gasteiger partial charge is 0.126 e. The zero-order chi connectivity index (χ0) is 10.9. The largest absolute Gasteiger partial charge is 0.388 e. The minimum absolute atomic E-state index is 0.213. The highest BCUT2D eigenvalue weighted by molar-refractivity contribution is 5.25. The Bertz CT molecular complexity index is 359. The highest BCUT2D eigenvalue weighted by Gasteiger charge is 2.31. The number of benzene rings is 1. The quantitative estimate of drug-likeness (QED) is 0.771. The van der Waals surface area contributed by atoms with Crippen molar-refractivity contribution < 1.29 is 9.50 Å². The summed E-state index contributed by atoms with van der Waals surface area (Å²) in [5, 5.41) is 13.2. The third-order valence-electron chi connectivity index (χ3n) is 2.95. The minimum Gasteiger partial charge on any atom is -0.388 e. The third kappa shape index (κ3) is 2.36. The first-order chi connectivity index (χ1) is 7.09. The second-order valence-electron chi connectivity index (χ2n) is 4.42. The first-order valence-electron chi connectivity index (χ1n) is 5.27. The molecule has 0 bridgehead atoms. The van der Waals surface area contributed by atoms with Crippen molar-refractivity contribution in [2.75, 3.05) is 13.1 Å². The van der Waals surface area contributed by atoms with E-state index >= 15 is 0 Å². The van der Waals surface area contributed by atoms with Gasteiger partial charge in [-0.05, 0) is 37.1 Å². The predicted octanol–water partition coefficient (Wildman–Crippen LogP) is 1.40. The average molecular weight is 209 g/mol. The molecule has 15 heavy (non-hydrogen) atoms. The fourth-order valence-electron chi connectivity index (χ4n) is 2.03. The van der Waals surface area contributed by atoms with Crippen LogP contribution in [0.5, 0.6) is 0 Å². The molecule has 1 aromatic carbocycles. The number of β-amino-alcohol motifs (C(OH)–C–C–N with tert-alkyl or cyclic N) is 1. The van der Waals surface area contributed by atoms with Crippen molar-refractivity contribution in [3.63, 3.8) is 0 Å². The van der Waals surface area contributed by atoms with Gasteiger partial charge in [-0.3, -0.25) is 0 Å². The zero-order valence-electron chi connectivity index (χ0n) is 8.89. The lowest BCUT2D eigenvalue weighted by molar-refractivity contribution is 0.0610. The Balaban J connectivity index is 2.16. The number of rotatable bonds is 2. The molecule has 0 amide bonds. The summed E-state index contributed by atoms with van der Waals surface area (Å²) in [6.07, 6.45) is 1.09. The normalized spacial score (nSPS) is 25.8. The lowest BCUT2D eigenvalue weighted by Crippen LogP contribution is -2.34. The van der Waals surface area contributed by atoms with Crippen LogP contribution in [-0.4, -0.2) is 23.8 Å². The van der Waals surface area contributed by atoms with Gasteiger partial charge in [-0.25, -0.2) is 4.39 Å². The monoisotopic (exact) mass is 209 g/mol. The van der Waals surface area contributed by atoms with Crippen molar-refractivity contribution in [2.45, 2.75) is 25.4 Å². The molecule has 0 spiro atoms. The molecule has 0 aromatic heterocycles. The van der Waals surface area contributed by atoms with Gasteiger partial charge in [0.1, 0.15) is 5.82 Å². The van der Waals surface area contributed by atoms with E-state index in [2.05, 4.69) is 5.32 Å². The van der Waals surface area contributed by atoms with Crippen LogP contribution >= 0.6 is 0 Å². The van der Waals surface area contributed by atoms with Gasteiger partial charge in [0, 0.05) is 13.0 Å². The van der Waals surface area contributed by atoms with Crippen molar-refractivity contribution in [1.82, 2.24) is 5.32 Å². The van der Waals surface area contributed by atoms with Crippen LogP contribution in [0.4, 0.5) is 4.39 Å². The standard InChI is InChI=1S/C12H16FNO/c1-9-2-3-10(11(13)6-9)7-12(15)4-5-14-8-12/h2-3,6,14-15H,4-5,7-8H2,1H3. The van der Waals surface area contributed by atoms with Crippen LogP contribution in [0.3, 0.4) is 0 Å². The average Bonchev–Trinajstić information content (AvgIpc) is 2.58. The summed E-state index contributed by atoms with van der Waals surface area (Å²) in [7, 11) is 0. The van der Waals surface area contributed by atoms with Gasteiger partial charge in [-0.2, -0.15) is 0 Å². The number of halogens is 1. The van der Waals surface area contributed by atoms with E-state index in [1.54, 1.807) is 6.07 Å². The number of hydrogen-bond acceptors (Lipinski definition) is 2. The molecule has 1 aromatic rings. The molecule has 1 saturated heterocycles. The molecule has 3 heteroatoms. The number of hydrogen-bond donors (Lipinski definition) is 2. The molecule has 0 radical (unpaired) electrons. The Kier molecular flexibility index (Phi) is 2.76. The van der Waals surface area contributed by atoms with Crippen LogP contribution in [0.1, 0.15) is 17.5 Å². The van der Waals surface area contributed by atoms with Crippen molar-refractivity contribution in [3.05, 3.63) is 35.1 Å². The highest BCUT2D eigenvalue weighted by atomic mass is 19.1. The molecule has 1 atom stereocenters.